The molecule has 3 aromatic rings. The molecule has 0 spiro atoms. The van der Waals surface area contributed by atoms with Crippen molar-refractivity contribution in [1.82, 2.24) is 0 Å². The van der Waals surface area contributed by atoms with Gasteiger partial charge in [-0.2, -0.15) is 0 Å². The van der Waals surface area contributed by atoms with E-state index in [1.807, 2.05) is 0 Å². The summed E-state index contributed by atoms with van der Waals surface area (Å²) in [4.78, 5) is 0. The molecule has 1 nitrogen and oxygen atoms in total. The highest BCUT2D eigenvalue weighted by Crippen LogP contribution is 2.28. The molecule has 3 aromatic carbocycles. The third-order valence-corrected chi connectivity index (χ3v) is 11.3. The quantitative estimate of drug-likeness (QED) is 0.472. The van der Waals surface area contributed by atoms with Gasteiger partial charge in [0.2, 0.25) is 0 Å². The summed E-state index contributed by atoms with van der Waals surface area (Å²) >= 11 is 6.19. The molecule has 0 aromatic heterocycles. The summed E-state index contributed by atoms with van der Waals surface area (Å²) in [5.74, 6) is 0. The molecule has 1 fully saturated rings. The van der Waals surface area contributed by atoms with E-state index in [9.17, 15) is 0 Å². The molecule has 0 amide bonds. The van der Waals surface area contributed by atoms with E-state index in [2.05, 4.69) is 80.8 Å². The lowest BCUT2D eigenvalue weighted by atomic mass is 10.1. The molecule has 0 radical (unpaired) electrons. The summed E-state index contributed by atoms with van der Waals surface area (Å²) in [7, 11) is 2.94. The first kappa shape index (κ1) is 16.8. The van der Waals surface area contributed by atoms with Crippen molar-refractivity contribution in [3.8, 4) is 0 Å². The van der Waals surface area contributed by atoms with Gasteiger partial charge in [0.05, 0.1) is 27.2 Å². The van der Waals surface area contributed by atoms with Crippen molar-refractivity contribution >= 4 is 40.8 Å². The molecule has 0 aliphatic carbocycles. The smallest absolute Gasteiger partial charge is 0.129 e. The van der Waals surface area contributed by atoms with Gasteiger partial charge in [-0.05, 0) is 28.1 Å². The number of fused-ring (bicyclic) bond motifs is 1. The third kappa shape index (κ3) is 3.03. The summed E-state index contributed by atoms with van der Waals surface area (Å²) < 4.78 is 1.13. The fourth-order valence-corrected chi connectivity index (χ4v) is 10.1. The summed E-state index contributed by atoms with van der Waals surface area (Å²) in [6.45, 7) is 2.50. The van der Waals surface area contributed by atoms with Gasteiger partial charge in [-0.1, -0.05) is 71.4 Å². The maximum Gasteiger partial charge on any atom is 0.129 e. The van der Waals surface area contributed by atoms with Gasteiger partial charge in [0.15, 0.2) is 0 Å². The average Bonchev–Trinajstić information content (AvgIpc) is 2.63. The van der Waals surface area contributed by atoms with Crippen LogP contribution in [-0.4, -0.2) is 39.7 Å². The molecule has 0 bridgehead atoms. The van der Waals surface area contributed by atoms with Crippen LogP contribution in [0.5, 0.6) is 0 Å². The first-order chi connectivity index (χ1) is 12.0. The van der Waals surface area contributed by atoms with Crippen LogP contribution in [0.15, 0.2) is 66.7 Å². The number of hydrogen-bond acceptors (Lipinski definition) is 0. The van der Waals surface area contributed by atoms with Crippen molar-refractivity contribution in [2.45, 2.75) is 12.1 Å². The van der Waals surface area contributed by atoms with Crippen LogP contribution in [-0.2, 0) is 0 Å². The fourth-order valence-electron chi connectivity index (χ4n) is 4.35. The van der Waals surface area contributed by atoms with Crippen LogP contribution >= 0.6 is 11.6 Å². The number of nitrogens with zero attached hydrogens (tertiary/aromatic N) is 1. The molecule has 1 saturated heterocycles. The Kier molecular flexibility index (Phi) is 4.23. The van der Waals surface area contributed by atoms with E-state index in [0.29, 0.717) is 0 Å². The number of rotatable bonds is 2. The molecular weight excluding hydrogens is 342 g/mol. The second-order valence-electron chi connectivity index (χ2n) is 8.00. The lowest BCUT2D eigenvalue weighted by Crippen LogP contribution is -2.66. The first-order valence-corrected chi connectivity index (χ1v) is 11.9. The number of benzene rings is 3. The first-order valence-electron chi connectivity index (χ1n) is 9.07. The van der Waals surface area contributed by atoms with Crippen molar-refractivity contribution in [3.05, 3.63) is 71.8 Å². The second kappa shape index (κ2) is 6.28. The molecule has 1 aliphatic heterocycles. The predicted molar refractivity (Wildman–Crippen MR) is 112 cm³/mol. The summed E-state index contributed by atoms with van der Waals surface area (Å²) in [6.07, 6.45) is 0. The molecule has 0 saturated carbocycles. The number of halogens is 1. The highest BCUT2D eigenvalue weighted by molar-refractivity contribution is 7.03. The largest absolute Gasteiger partial charge is 0.329 e. The molecule has 128 valence electrons. The summed E-state index contributed by atoms with van der Waals surface area (Å²) in [6, 6.07) is 27.1. The number of hydrogen-bond donors (Lipinski definition) is 0. The minimum absolute atomic E-state index is 0.831. The van der Waals surface area contributed by atoms with E-state index in [-0.39, 0.29) is 0 Å². The van der Waals surface area contributed by atoms with Gasteiger partial charge in [0.25, 0.3) is 0 Å². The van der Waals surface area contributed by atoms with Crippen LogP contribution in [0.2, 0.25) is 17.1 Å². The molecule has 1 aliphatic rings. The highest BCUT2D eigenvalue weighted by Gasteiger charge is 2.44. The topological polar surface area (TPSA) is 0 Å². The Morgan fingerprint density at radius 1 is 0.800 bits per heavy atom. The van der Waals surface area contributed by atoms with Gasteiger partial charge >= 0.3 is 0 Å². The van der Waals surface area contributed by atoms with Gasteiger partial charge in [-0.15, -0.1) is 0 Å². The van der Waals surface area contributed by atoms with Gasteiger partial charge in [0, 0.05) is 17.1 Å². The predicted octanol–water partition coefficient (Wildman–Crippen LogP) is 4.15. The Labute approximate surface area is 156 Å². The average molecular weight is 367 g/mol. The molecule has 25 heavy (non-hydrogen) atoms. The fraction of sp³-hybridized carbons (Fsp3) is 0.273. The van der Waals surface area contributed by atoms with Crippen LogP contribution in [0, 0.1) is 0 Å². The zero-order valence-corrected chi connectivity index (χ0v) is 16.8. The lowest BCUT2D eigenvalue weighted by molar-refractivity contribution is -0.888. The van der Waals surface area contributed by atoms with Crippen molar-refractivity contribution in [2.24, 2.45) is 0 Å². The molecule has 0 N–H and O–H groups in total. The maximum absolute atomic E-state index is 6.19. The monoisotopic (exact) mass is 366 g/mol. The highest BCUT2D eigenvalue weighted by atomic mass is 35.5. The Bertz CT molecular complexity index is 886. The van der Waals surface area contributed by atoms with E-state index in [0.717, 1.165) is 9.51 Å². The molecule has 3 heteroatoms. The molecule has 1 heterocycles. The van der Waals surface area contributed by atoms with Crippen molar-refractivity contribution in [3.63, 3.8) is 0 Å². The standard InChI is InChI=1S/C22H25ClNSi/c1-24(2)14-16-25(17-15-24,20-12-10-19(23)11-13-20)22-9-5-7-18-6-3-4-8-21(18)22/h3-13H,14-17H2,1-2H3/q+1. The van der Waals surface area contributed by atoms with E-state index >= 15 is 0 Å². The zero-order chi connectivity index (χ0) is 17.5. The van der Waals surface area contributed by atoms with E-state index in [1.54, 1.807) is 5.19 Å². The number of quaternary nitrogens is 1. The van der Waals surface area contributed by atoms with Crippen LogP contribution in [0.25, 0.3) is 10.8 Å². The van der Waals surface area contributed by atoms with Crippen molar-refractivity contribution in [2.75, 3.05) is 27.2 Å². The maximum atomic E-state index is 6.19. The minimum atomic E-state index is -1.79. The van der Waals surface area contributed by atoms with E-state index < -0.39 is 8.07 Å². The Morgan fingerprint density at radius 3 is 2.16 bits per heavy atom. The molecular formula is C22H25ClNSi+. The van der Waals surface area contributed by atoms with Crippen molar-refractivity contribution < 1.29 is 4.48 Å². The second-order valence-corrected chi connectivity index (χ2v) is 12.7. The van der Waals surface area contributed by atoms with Crippen LogP contribution in [0.1, 0.15) is 0 Å². The molecule has 0 unspecified atom stereocenters. The summed E-state index contributed by atoms with van der Waals surface area (Å²) in [5, 5.41) is 6.78. The van der Waals surface area contributed by atoms with Gasteiger partial charge < -0.3 is 4.48 Å². The van der Waals surface area contributed by atoms with Gasteiger partial charge in [-0.3, -0.25) is 0 Å². The van der Waals surface area contributed by atoms with Crippen molar-refractivity contribution in [1.29, 1.82) is 0 Å². The van der Waals surface area contributed by atoms with Crippen LogP contribution in [0.3, 0.4) is 0 Å². The zero-order valence-electron chi connectivity index (χ0n) is 15.0. The molecule has 0 atom stereocenters. The molecule has 4 rings (SSSR count). The van der Waals surface area contributed by atoms with Gasteiger partial charge in [-0.25, -0.2) is 0 Å². The van der Waals surface area contributed by atoms with E-state index in [1.165, 1.54) is 41.1 Å². The Hall–Kier alpha value is -1.61. The van der Waals surface area contributed by atoms with Crippen LogP contribution in [0.4, 0.5) is 0 Å². The van der Waals surface area contributed by atoms with Crippen LogP contribution < -0.4 is 10.4 Å². The third-order valence-electron chi connectivity index (χ3n) is 5.99. The SMILES string of the molecule is C[N+]1(C)CC[Si](c2ccc(Cl)cc2)(c2cccc3ccccc23)CC1. The summed E-state index contributed by atoms with van der Waals surface area (Å²) in [5.41, 5.74) is 0. The van der Waals surface area contributed by atoms with E-state index in [4.69, 9.17) is 11.6 Å². The minimum Gasteiger partial charge on any atom is -0.329 e. The lowest BCUT2D eigenvalue weighted by Gasteiger charge is -2.44. The normalized spacial score (nSPS) is 19.0. The Balaban J connectivity index is 1.93. The van der Waals surface area contributed by atoms with Gasteiger partial charge in [0.1, 0.15) is 8.07 Å². The Morgan fingerprint density at radius 2 is 1.44 bits per heavy atom.